The number of carbonyl (C=O) groups is 1. The molecule has 4 aliphatic rings. The second kappa shape index (κ2) is 17.1. The van der Waals surface area contributed by atoms with Gasteiger partial charge in [-0.3, -0.25) is 11.3 Å². The van der Waals surface area contributed by atoms with E-state index in [1.54, 1.807) is 11.1 Å². The second-order valence-electron chi connectivity index (χ2n) is 16.0. The SMILES string of the molecule is C/C(=C/CCC(C)C)C1CCC2C3CC=C4CC(OC(=O)N(CCCCNCCCN)CCCNN)CCC4(C)C3CCC12C. The highest BCUT2D eigenvalue weighted by Gasteiger charge is 2.58. The molecule has 45 heavy (non-hydrogen) atoms. The van der Waals surface area contributed by atoms with Gasteiger partial charge in [-0.05, 0) is 150 Å². The Hall–Kier alpha value is -1.41. The Bertz CT molecular complexity index is 997. The number of unbranched alkanes of at least 4 members (excludes halogenated alkanes) is 1. The number of nitrogens with zero attached hydrogens (tertiary/aromatic N) is 1. The summed E-state index contributed by atoms with van der Waals surface area (Å²) in [6.45, 7) is 17.1. The first-order valence-electron chi connectivity index (χ1n) is 18.8. The zero-order valence-corrected chi connectivity index (χ0v) is 29.7. The van der Waals surface area contributed by atoms with Crippen LogP contribution in [0.1, 0.15) is 125 Å². The molecule has 0 aromatic rings. The number of amides is 1. The number of ether oxygens (including phenoxy) is 1. The maximum atomic E-state index is 13.4. The number of carbonyl (C=O) groups excluding carboxylic acids is 1. The number of rotatable bonds is 17. The predicted molar refractivity (Wildman–Crippen MR) is 187 cm³/mol. The summed E-state index contributed by atoms with van der Waals surface area (Å²) < 4.78 is 6.26. The van der Waals surface area contributed by atoms with E-state index in [4.69, 9.17) is 16.3 Å². The van der Waals surface area contributed by atoms with Gasteiger partial charge in [0.1, 0.15) is 6.10 Å². The molecule has 0 spiro atoms. The monoisotopic (exact) mass is 628 g/mol. The van der Waals surface area contributed by atoms with Crippen LogP contribution in [0, 0.1) is 40.4 Å². The molecule has 0 aliphatic heterocycles. The first-order valence-corrected chi connectivity index (χ1v) is 18.8. The fourth-order valence-electron chi connectivity index (χ4n) is 10.1. The molecule has 0 aromatic heterocycles. The summed E-state index contributed by atoms with van der Waals surface area (Å²) in [6, 6.07) is 0. The molecule has 4 aliphatic carbocycles. The Labute approximate surface area is 276 Å². The number of allylic oxidation sites excluding steroid dienone is 3. The van der Waals surface area contributed by atoms with Crippen molar-refractivity contribution < 1.29 is 9.53 Å². The summed E-state index contributed by atoms with van der Waals surface area (Å²) >= 11 is 0. The third-order valence-corrected chi connectivity index (χ3v) is 12.7. The highest BCUT2D eigenvalue weighted by atomic mass is 16.6. The van der Waals surface area contributed by atoms with Crippen LogP contribution in [0.5, 0.6) is 0 Å². The van der Waals surface area contributed by atoms with Gasteiger partial charge in [0, 0.05) is 26.1 Å². The van der Waals surface area contributed by atoms with E-state index in [2.05, 4.69) is 57.5 Å². The molecule has 3 fully saturated rings. The zero-order valence-electron chi connectivity index (χ0n) is 29.7. The third kappa shape index (κ3) is 8.94. The molecule has 7 unspecified atom stereocenters. The van der Waals surface area contributed by atoms with E-state index in [0.717, 1.165) is 101 Å². The van der Waals surface area contributed by atoms with Crippen LogP contribution in [0.15, 0.2) is 23.3 Å². The van der Waals surface area contributed by atoms with Crippen LogP contribution in [0.4, 0.5) is 4.79 Å². The van der Waals surface area contributed by atoms with E-state index in [-0.39, 0.29) is 17.6 Å². The maximum Gasteiger partial charge on any atom is 0.410 e. The molecule has 0 saturated heterocycles. The van der Waals surface area contributed by atoms with Crippen molar-refractivity contribution in [3.63, 3.8) is 0 Å². The predicted octanol–water partition coefficient (Wildman–Crippen LogP) is 7.33. The number of nitrogens with two attached hydrogens (primary N) is 2. The molecule has 7 atom stereocenters. The summed E-state index contributed by atoms with van der Waals surface area (Å²) in [5.74, 6) is 9.48. The molecular weight excluding hydrogens is 558 g/mol. The minimum atomic E-state index is -0.145. The summed E-state index contributed by atoms with van der Waals surface area (Å²) in [6.07, 6.45) is 21.2. The van der Waals surface area contributed by atoms with Crippen molar-refractivity contribution in [1.29, 1.82) is 0 Å². The average molecular weight is 628 g/mol. The normalized spacial score (nSPS) is 32.9. The van der Waals surface area contributed by atoms with Crippen molar-refractivity contribution in [2.45, 2.75) is 131 Å². The summed E-state index contributed by atoms with van der Waals surface area (Å²) in [7, 11) is 0. The summed E-state index contributed by atoms with van der Waals surface area (Å²) in [5, 5.41) is 3.44. The molecular formula is C38H69N5O2. The Morgan fingerprint density at radius 1 is 1.04 bits per heavy atom. The zero-order chi connectivity index (χ0) is 32.5. The summed E-state index contributed by atoms with van der Waals surface area (Å²) in [5.41, 5.74) is 12.3. The molecule has 6 N–H and O–H groups in total. The van der Waals surface area contributed by atoms with Gasteiger partial charge >= 0.3 is 6.09 Å². The Kier molecular flexibility index (Phi) is 13.9. The number of nitrogens with one attached hydrogen (secondary N) is 2. The molecule has 7 heteroatoms. The van der Waals surface area contributed by atoms with E-state index < -0.39 is 0 Å². The van der Waals surface area contributed by atoms with Crippen molar-refractivity contribution in [3.05, 3.63) is 23.3 Å². The lowest BCUT2D eigenvalue weighted by atomic mass is 9.47. The summed E-state index contributed by atoms with van der Waals surface area (Å²) in [4.78, 5) is 15.3. The smallest absolute Gasteiger partial charge is 0.410 e. The number of hydrogen-bond donors (Lipinski definition) is 4. The molecule has 4 rings (SSSR count). The molecule has 0 radical (unpaired) electrons. The van der Waals surface area contributed by atoms with Crippen molar-refractivity contribution in [1.82, 2.24) is 15.6 Å². The molecule has 258 valence electrons. The van der Waals surface area contributed by atoms with E-state index in [1.165, 1.54) is 44.9 Å². The van der Waals surface area contributed by atoms with E-state index in [0.29, 0.717) is 18.5 Å². The van der Waals surface area contributed by atoms with E-state index >= 15 is 0 Å². The largest absolute Gasteiger partial charge is 0.446 e. The van der Waals surface area contributed by atoms with Gasteiger partial charge in [-0.1, -0.05) is 51.0 Å². The number of hydrazine groups is 1. The van der Waals surface area contributed by atoms with Crippen molar-refractivity contribution >= 4 is 6.09 Å². The van der Waals surface area contributed by atoms with E-state index in [1.807, 2.05) is 4.90 Å². The Morgan fingerprint density at radius 3 is 2.58 bits per heavy atom. The van der Waals surface area contributed by atoms with Gasteiger partial charge in [0.05, 0.1) is 0 Å². The second-order valence-corrected chi connectivity index (χ2v) is 16.0. The topological polar surface area (TPSA) is 106 Å². The molecule has 0 heterocycles. The van der Waals surface area contributed by atoms with Gasteiger partial charge in [-0.2, -0.15) is 0 Å². The number of hydrogen-bond acceptors (Lipinski definition) is 6. The fourth-order valence-corrected chi connectivity index (χ4v) is 10.1. The standard InChI is InChI=1S/C38H69N5O2/c1-28(2)11-8-12-29(3)33-15-16-34-32-14-13-30-27-31(17-19-37(30,4)35(32)18-20-38(33,34)5)45-36(44)43(26-10-24-42-40)25-7-6-22-41-23-9-21-39/h12-13,28,31-35,41-42H,6-11,14-27,39-40H2,1-5H3/b29-12-. The third-order valence-electron chi connectivity index (χ3n) is 12.7. The number of fused-ring (bicyclic) bond motifs is 5. The minimum Gasteiger partial charge on any atom is -0.446 e. The van der Waals surface area contributed by atoms with Crippen molar-refractivity contribution in [2.75, 3.05) is 39.3 Å². The van der Waals surface area contributed by atoms with Crippen molar-refractivity contribution in [3.8, 4) is 0 Å². The highest BCUT2D eigenvalue weighted by molar-refractivity contribution is 5.67. The molecule has 7 nitrogen and oxygen atoms in total. The van der Waals surface area contributed by atoms with Gasteiger partial charge in [-0.15, -0.1) is 0 Å². The van der Waals surface area contributed by atoms with Gasteiger partial charge in [-0.25, -0.2) is 4.79 Å². The first-order chi connectivity index (χ1) is 21.6. The lowest BCUT2D eigenvalue weighted by Crippen LogP contribution is -2.51. The molecule has 1 amide bonds. The Balaban J connectivity index is 1.34. The molecule has 3 saturated carbocycles. The van der Waals surface area contributed by atoms with Gasteiger partial charge in [0.25, 0.3) is 0 Å². The molecule has 0 bridgehead atoms. The van der Waals surface area contributed by atoms with Crippen LogP contribution < -0.4 is 22.3 Å². The van der Waals surface area contributed by atoms with Gasteiger partial charge < -0.3 is 20.7 Å². The van der Waals surface area contributed by atoms with Crippen LogP contribution in [-0.4, -0.2) is 56.4 Å². The van der Waals surface area contributed by atoms with Crippen molar-refractivity contribution in [2.24, 2.45) is 52.0 Å². The Morgan fingerprint density at radius 2 is 1.82 bits per heavy atom. The van der Waals surface area contributed by atoms with Gasteiger partial charge in [0.15, 0.2) is 0 Å². The first kappa shape index (κ1) is 36.4. The minimum absolute atomic E-state index is 0.00946. The quantitative estimate of drug-likeness (QED) is 0.0583. The maximum absolute atomic E-state index is 13.4. The van der Waals surface area contributed by atoms with Crippen LogP contribution in [-0.2, 0) is 4.74 Å². The fraction of sp³-hybridized carbons (Fsp3) is 0.868. The lowest BCUT2D eigenvalue weighted by molar-refractivity contribution is -0.0484. The van der Waals surface area contributed by atoms with Crippen LogP contribution in [0.2, 0.25) is 0 Å². The average Bonchev–Trinajstić information content (AvgIpc) is 3.37. The van der Waals surface area contributed by atoms with Crippen LogP contribution in [0.3, 0.4) is 0 Å². The van der Waals surface area contributed by atoms with Gasteiger partial charge in [0.2, 0.25) is 0 Å². The highest BCUT2D eigenvalue weighted by Crippen LogP contribution is 2.67. The van der Waals surface area contributed by atoms with Crippen LogP contribution >= 0.6 is 0 Å². The molecule has 0 aromatic carbocycles. The van der Waals surface area contributed by atoms with Crippen LogP contribution in [0.25, 0.3) is 0 Å². The lowest BCUT2D eigenvalue weighted by Gasteiger charge is -2.58. The van der Waals surface area contributed by atoms with E-state index in [9.17, 15) is 4.79 Å².